The van der Waals surface area contributed by atoms with E-state index in [1.165, 1.54) is 4.90 Å². The van der Waals surface area contributed by atoms with E-state index in [0.29, 0.717) is 13.1 Å². The second kappa shape index (κ2) is 4.41. The molecule has 0 spiro atoms. The van der Waals surface area contributed by atoms with Crippen LogP contribution >= 0.6 is 0 Å². The Labute approximate surface area is 103 Å². The van der Waals surface area contributed by atoms with Crippen molar-refractivity contribution in [1.29, 1.82) is 0 Å². The average molecular weight is 238 g/mol. The molecule has 96 valence electrons. The van der Waals surface area contributed by atoms with Crippen molar-refractivity contribution < 1.29 is 9.59 Å². The lowest BCUT2D eigenvalue weighted by Gasteiger charge is -2.25. The highest BCUT2D eigenvalue weighted by Crippen LogP contribution is 2.40. The molecule has 2 aliphatic rings. The monoisotopic (exact) mass is 238 g/mol. The van der Waals surface area contributed by atoms with Gasteiger partial charge in [0.2, 0.25) is 11.8 Å². The molecule has 4 heteroatoms. The zero-order chi connectivity index (χ0) is 12.6. The Morgan fingerprint density at radius 3 is 2.24 bits per heavy atom. The lowest BCUT2D eigenvalue weighted by atomic mass is 9.89. The van der Waals surface area contributed by atoms with Gasteiger partial charge in [-0.05, 0) is 31.2 Å². The zero-order valence-corrected chi connectivity index (χ0v) is 10.7. The minimum atomic E-state index is -0.0107. The van der Waals surface area contributed by atoms with Gasteiger partial charge >= 0.3 is 0 Å². The fourth-order valence-electron chi connectivity index (χ4n) is 2.80. The lowest BCUT2D eigenvalue weighted by molar-refractivity contribution is -0.140. The van der Waals surface area contributed by atoms with Crippen LogP contribution in [0.1, 0.15) is 39.5 Å². The van der Waals surface area contributed by atoms with Gasteiger partial charge in [0, 0.05) is 6.54 Å². The van der Waals surface area contributed by atoms with Gasteiger partial charge in [-0.2, -0.15) is 0 Å². The predicted molar refractivity (Wildman–Crippen MR) is 65.0 cm³/mol. The summed E-state index contributed by atoms with van der Waals surface area (Å²) in [4.78, 5) is 25.6. The first-order chi connectivity index (χ1) is 7.96. The van der Waals surface area contributed by atoms with Crippen molar-refractivity contribution in [3.05, 3.63) is 0 Å². The van der Waals surface area contributed by atoms with Crippen LogP contribution in [0, 0.1) is 17.3 Å². The van der Waals surface area contributed by atoms with Gasteiger partial charge in [0.1, 0.15) is 0 Å². The molecule has 2 unspecified atom stereocenters. The molecule has 1 aliphatic heterocycles. The molecule has 0 radical (unpaired) electrons. The first-order valence-electron chi connectivity index (χ1n) is 6.51. The summed E-state index contributed by atoms with van der Waals surface area (Å²) >= 11 is 0. The number of carbonyl (C=O) groups excluding carboxylic acids is 2. The van der Waals surface area contributed by atoms with Crippen LogP contribution in [-0.4, -0.2) is 29.8 Å². The normalized spacial score (nSPS) is 29.0. The summed E-state index contributed by atoms with van der Waals surface area (Å²) in [5, 5.41) is 0. The number of amides is 2. The van der Waals surface area contributed by atoms with Crippen LogP contribution in [0.3, 0.4) is 0 Å². The van der Waals surface area contributed by atoms with Crippen molar-refractivity contribution in [3.63, 3.8) is 0 Å². The minimum Gasteiger partial charge on any atom is -0.330 e. The molecule has 2 rings (SSSR count). The maximum atomic E-state index is 12.1. The van der Waals surface area contributed by atoms with E-state index in [4.69, 9.17) is 5.73 Å². The van der Waals surface area contributed by atoms with E-state index in [0.717, 1.165) is 25.7 Å². The minimum absolute atomic E-state index is 0.00173. The third-order valence-corrected chi connectivity index (χ3v) is 4.25. The molecule has 1 aliphatic carbocycles. The molecule has 0 aromatic heterocycles. The van der Waals surface area contributed by atoms with Crippen molar-refractivity contribution in [1.82, 2.24) is 4.90 Å². The summed E-state index contributed by atoms with van der Waals surface area (Å²) in [6, 6.07) is 0. The maximum Gasteiger partial charge on any atom is 0.233 e. The third-order valence-electron chi connectivity index (χ3n) is 4.25. The number of nitrogens with zero attached hydrogens (tertiary/aromatic N) is 1. The number of fused-ring (bicyclic) bond motifs is 1. The van der Waals surface area contributed by atoms with Gasteiger partial charge in [0.05, 0.1) is 11.8 Å². The number of nitrogens with two attached hydrogens (primary N) is 1. The smallest absolute Gasteiger partial charge is 0.233 e. The quantitative estimate of drug-likeness (QED) is 0.747. The largest absolute Gasteiger partial charge is 0.330 e. The maximum absolute atomic E-state index is 12.1. The standard InChI is InChI=1S/C13H22N2O2/c1-13(2,8-14)6-7-15-11(16)9-4-3-5-10(9)12(15)17/h9-10H,3-8,14H2,1-2H3. The van der Waals surface area contributed by atoms with Crippen LogP contribution in [0.15, 0.2) is 0 Å². The topological polar surface area (TPSA) is 63.4 Å². The summed E-state index contributed by atoms with van der Waals surface area (Å²) in [6.45, 7) is 5.25. The van der Waals surface area contributed by atoms with Crippen LogP contribution < -0.4 is 5.73 Å². The van der Waals surface area contributed by atoms with E-state index in [1.807, 2.05) is 0 Å². The van der Waals surface area contributed by atoms with Crippen LogP contribution in [0.5, 0.6) is 0 Å². The SMILES string of the molecule is CC(C)(CN)CCN1C(=O)C2CCCC2C1=O. The van der Waals surface area contributed by atoms with E-state index in [-0.39, 0.29) is 29.1 Å². The summed E-state index contributed by atoms with van der Waals surface area (Å²) in [7, 11) is 0. The van der Waals surface area contributed by atoms with E-state index in [9.17, 15) is 9.59 Å². The van der Waals surface area contributed by atoms with E-state index >= 15 is 0 Å². The molecule has 2 fully saturated rings. The Kier molecular flexibility index (Phi) is 3.25. The molecule has 1 heterocycles. The molecule has 1 saturated carbocycles. The van der Waals surface area contributed by atoms with Crippen LogP contribution in [-0.2, 0) is 9.59 Å². The van der Waals surface area contributed by atoms with Gasteiger partial charge in [-0.15, -0.1) is 0 Å². The van der Waals surface area contributed by atoms with Crippen LogP contribution in [0.4, 0.5) is 0 Å². The Bertz CT molecular complexity index is 316. The molecule has 1 saturated heterocycles. The summed E-state index contributed by atoms with van der Waals surface area (Å²) in [5.74, 6) is 0.0996. The first-order valence-corrected chi connectivity index (χ1v) is 6.51. The Hall–Kier alpha value is -0.900. The Morgan fingerprint density at radius 1 is 1.24 bits per heavy atom. The van der Waals surface area contributed by atoms with Crippen molar-refractivity contribution in [2.45, 2.75) is 39.5 Å². The number of hydrogen-bond donors (Lipinski definition) is 1. The first kappa shape index (κ1) is 12.6. The number of carbonyl (C=O) groups is 2. The lowest BCUT2D eigenvalue weighted by Crippen LogP contribution is -2.36. The summed E-state index contributed by atoms with van der Waals surface area (Å²) in [6.07, 6.45) is 3.60. The number of likely N-dealkylation sites (tertiary alicyclic amines) is 1. The fourth-order valence-corrected chi connectivity index (χ4v) is 2.80. The molecule has 0 bridgehead atoms. The second-order valence-electron chi connectivity index (χ2n) is 6.09. The highest BCUT2D eigenvalue weighted by molar-refractivity contribution is 6.05. The van der Waals surface area contributed by atoms with Crippen LogP contribution in [0.25, 0.3) is 0 Å². The molecule has 17 heavy (non-hydrogen) atoms. The van der Waals surface area contributed by atoms with E-state index in [1.54, 1.807) is 0 Å². The van der Waals surface area contributed by atoms with Gasteiger partial charge in [0.15, 0.2) is 0 Å². The average Bonchev–Trinajstić information content (AvgIpc) is 2.83. The molecular formula is C13H22N2O2. The van der Waals surface area contributed by atoms with Gasteiger partial charge in [-0.3, -0.25) is 14.5 Å². The highest BCUT2D eigenvalue weighted by atomic mass is 16.2. The predicted octanol–water partition coefficient (Wildman–Crippen LogP) is 1.15. The Morgan fingerprint density at radius 2 is 1.76 bits per heavy atom. The number of hydrogen-bond acceptors (Lipinski definition) is 3. The molecule has 2 N–H and O–H groups in total. The van der Waals surface area contributed by atoms with Gasteiger partial charge in [-0.1, -0.05) is 20.3 Å². The fraction of sp³-hybridized carbons (Fsp3) is 0.846. The van der Waals surface area contributed by atoms with Crippen molar-refractivity contribution >= 4 is 11.8 Å². The van der Waals surface area contributed by atoms with Crippen molar-refractivity contribution in [2.75, 3.05) is 13.1 Å². The molecule has 2 amide bonds. The zero-order valence-electron chi connectivity index (χ0n) is 10.7. The third kappa shape index (κ3) is 2.23. The van der Waals surface area contributed by atoms with Gasteiger partial charge < -0.3 is 5.73 Å². The molecule has 2 atom stereocenters. The number of rotatable bonds is 4. The molecule has 4 nitrogen and oxygen atoms in total. The van der Waals surface area contributed by atoms with Crippen molar-refractivity contribution in [2.24, 2.45) is 23.0 Å². The summed E-state index contributed by atoms with van der Waals surface area (Å²) < 4.78 is 0. The summed E-state index contributed by atoms with van der Waals surface area (Å²) in [5.41, 5.74) is 5.66. The molecular weight excluding hydrogens is 216 g/mol. The Balaban J connectivity index is 1.98. The van der Waals surface area contributed by atoms with Crippen molar-refractivity contribution in [3.8, 4) is 0 Å². The second-order valence-corrected chi connectivity index (χ2v) is 6.09. The highest BCUT2D eigenvalue weighted by Gasteiger charge is 2.49. The van der Waals surface area contributed by atoms with E-state index < -0.39 is 0 Å². The van der Waals surface area contributed by atoms with E-state index in [2.05, 4.69) is 13.8 Å². The molecule has 0 aromatic carbocycles. The number of imide groups is 1. The van der Waals surface area contributed by atoms with Gasteiger partial charge in [0.25, 0.3) is 0 Å². The molecule has 0 aromatic rings. The van der Waals surface area contributed by atoms with Crippen LogP contribution in [0.2, 0.25) is 0 Å². The van der Waals surface area contributed by atoms with Gasteiger partial charge in [-0.25, -0.2) is 0 Å².